The number of carbonyl (C=O) groups excluding carboxylic acids is 1. The summed E-state index contributed by atoms with van der Waals surface area (Å²) < 4.78 is 0. The van der Waals surface area contributed by atoms with Crippen molar-refractivity contribution in [3.63, 3.8) is 0 Å². The molecule has 4 nitrogen and oxygen atoms in total. The molecular weight excluding hydrogens is 214 g/mol. The molecule has 0 spiro atoms. The Labute approximate surface area is 104 Å². The van der Waals surface area contributed by atoms with Crippen LogP contribution in [-0.4, -0.2) is 30.4 Å². The zero-order chi connectivity index (χ0) is 12.1. The van der Waals surface area contributed by atoms with E-state index in [-0.39, 0.29) is 5.91 Å². The van der Waals surface area contributed by atoms with Gasteiger partial charge in [0.1, 0.15) is 0 Å². The average Bonchev–Trinajstić information content (AvgIpc) is 3.19. The molecule has 0 bridgehead atoms. The van der Waals surface area contributed by atoms with Crippen LogP contribution in [0.25, 0.3) is 0 Å². The number of nitrogens with zero attached hydrogens (tertiary/aromatic N) is 1. The molecule has 2 fully saturated rings. The second kappa shape index (κ2) is 6.36. The van der Waals surface area contributed by atoms with E-state index in [2.05, 4.69) is 10.3 Å². The number of nitrogens with two attached hydrogens (primary N) is 1. The average molecular weight is 239 g/mol. The molecule has 2 aliphatic rings. The third-order valence-electron chi connectivity index (χ3n) is 3.72. The van der Waals surface area contributed by atoms with Crippen LogP contribution in [-0.2, 0) is 4.79 Å². The minimum atomic E-state index is -0.0408. The summed E-state index contributed by atoms with van der Waals surface area (Å²) in [5.74, 6) is 6.96. The van der Waals surface area contributed by atoms with Crippen LogP contribution in [0.5, 0.6) is 0 Å². The largest absolute Gasteiger partial charge is 0.303 e. The summed E-state index contributed by atoms with van der Waals surface area (Å²) in [5.41, 5.74) is 2.18. The quantitative estimate of drug-likeness (QED) is 0.276. The van der Waals surface area contributed by atoms with Crippen molar-refractivity contribution in [1.82, 2.24) is 10.3 Å². The first kappa shape index (κ1) is 12.8. The van der Waals surface area contributed by atoms with Gasteiger partial charge < -0.3 is 4.90 Å². The molecule has 0 unspecified atom stereocenters. The van der Waals surface area contributed by atoms with E-state index in [1.165, 1.54) is 38.8 Å². The minimum Gasteiger partial charge on any atom is -0.303 e. The molecule has 2 saturated carbocycles. The maximum atomic E-state index is 11.0. The van der Waals surface area contributed by atoms with Gasteiger partial charge in [-0.15, -0.1) is 0 Å². The highest BCUT2D eigenvalue weighted by Gasteiger charge is 2.28. The Morgan fingerprint density at radius 3 is 2.18 bits per heavy atom. The molecule has 0 saturated heterocycles. The van der Waals surface area contributed by atoms with Gasteiger partial charge in [-0.05, 0) is 56.9 Å². The van der Waals surface area contributed by atoms with E-state index < -0.39 is 0 Å². The second-order valence-electron chi connectivity index (χ2n) is 5.67. The number of amides is 1. The summed E-state index contributed by atoms with van der Waals surface area (Å²) in [6.45, 7) is 3.74. The lowest BCUT2D eigenvalue weighted by atomic mass is 10.2. The van der Waals surface area contributed by atoms with E-state index >= 15 is 0 Å². The van der Waals surface area contributed by atoms with Crippen LogP contribution in [0.4, 0.5) is 0 Å². The number of nitrogens with one attached hydrogen (secondary N) is 1. The lowest BCUT2D eigenvalue weighted by molar-refractivity contribution is -0.121. The number of hydrazine groups is 1. The molecule has 4 heteroatoms. The summed E-state index contributed by atoms with van der Waals surface area (Å²) in [7, 11) is 0. The first-order valence-electron chi connectivity index (χ1n) is 6.99. The van der Waals surface area contributed by atoms with E-state index in [4.69, 9.17) is 5.84 Å². The summed E-state index contributed by atoms with van der Waals surface area (Å²) in [6, 6.07) is 0. The van der Waals surface area contributed by atoms with Crippen LogP contribution in [0.1, 0.15) is 44.9 Å². The summed E-state index contributed by atoms with van der Waals surface area (Å²) in [6.07, 6.45) is 8.35. The van der Waals surface area contributed by atoms with E-state index in [9.17, 15) is 4.79 Å². The molecule has 0 aromatic carbocycles. The molecule has 0 radical (unpaired) electrons. The topological polar surface area (TPSA) is 58.4 Å². The Bertz CT molecular complexity index is 235. The Balaban J connectivity index is 1.56. The Kier molecular flexibility index (Phi) is 4.80. The van der Waals surface area contributed by atoms with Gasteiger partial charge in [0.05, 0.1) is 0 Å². The molecule has 1 amide bonds. The first-order chi connectivity index (χ1) is 8.28. The Morgan fingerprint density at radius 1 is 1.12 bits per heavy atom. The maximum Gasteiger partial charge on any atom is 0.233 e. The van der Waals surface area contributed by atoms with Crippen LogP contribution in [0.2, 0.25) is 0 Å². The van der Waals surface area contributed by atoms with Gasteiger partial charge >= 0.3 is 0 Å². The normalized spacial score (nSPS) is 19.6. The van der Waals surface area contributed by atoms with Crippen LogP contribution in [0, 0.1) is 11.8 Å². The highest BCUT2D eigenvalue weighted by molar-refractivity contribution is 5.75. The van der Waals surface area contributed by atoms with E-state index in [1.54, 1.807) is 0 Å². The van der Waals surface area contributed by atoms with Gasteiger partial charge in [-0.1, -0.05) is 0 Å². The van der Waals surface area contributed by atoms with Crippen molar-refractivity contribution in [2.24, 2.45) is 17.7 Å². The molecule has 0 atom stereocenters. The third kappa shape index (κ3) is 5.50. The summed E-state index contributed by atoms with van der Waals surface area (Å²) >= 11 is 0. The molecule has 2 rings (SSSR count). The lowest BCUT2D eigenvalue weighted by Gasteiger charge is -2.21. The standard InChI is InChI=1S/C13H25N3O/c14-15-13(17)3-1-2-8-16(9-11-4-5-11)10-12-6-7-12/h11-12H,1-10,14H2,(H,15,17). The number of carbonyl (C=O) groups is 1. The number of hydrogen-bond acceptors (Lipinski definition) is 3. The van der Waals surface area contributed by atoms with Crippen molar-refractivity contribution in [3.05, 3.63) is 0 Å². The zero-order valence-corrected chi connectivity index (χ0v) is 10.7. The van der Waals surface area contributed by atoms with Gasteiger partial charge in [-0.25, -0.2) is 5.84 Å². The molecule has 0 aromatic rings. The summed E-state index contributed by atoms with van der Waals surface area (Å²) in [5, 5.41) is 0. The van der Waals surface area contributed by atoms with E-state index in [1.807, 2.05) is 0 Å². The van der Waals surface area contributed by atoms with Gasteiger partial charge in [-0.2, -0.15) is 0 Å². The molecule has 98 valence electrons. The van der Waals surface area contributed by atoms with E-state index in [0.29, 0.717) is 6.42 Å². The zero-order valence-electron chi connectivity index (χ0n) is 10.7. The number of rotatable bonds is 9. The van der Waals surface area contributed by atoms with Gasteiger partial charge in [0.15, 0.2) is 0 Å². The fraction of sp³-hybridized carbons (Fsp3) is 0.923. The molecular formula is C13H25N3O. The van der Waals surface area contributed by atoms with Crippen LogP contribution < -0.4 is 11.3 Å². The lowest BCUT2D eigenvalue weighted by Crippen LogP contribution is -2.31. The molecule has 3 N–H and O–H groups in total. The Morgan fingerprint density at radius 2 is 1.71 bits per heavy atom. The van der Waals surface area contributed by atoms with Crippen molar-refractivity contribution in [2.45, 2.75) is 44.9 Å². The monoisotopic (exact) mass is 239 g/mol. The second-order valence-corrected chi connectivity index (χ2v) is 5.67. The van der Waals surface area contributed by atoms with Crippen molar-refractivity contribution in [2.75, 3.05) is 19.6 Å². The van der Waals surface area contributed by atoms with Crippen molar-refractivity contribution >= 4 is 5.91 Å². The van der Waals surface area contributed by atoms with Gasteiger partial charge in [0, 0.05) is 19.5 Å². The SMILES string of the molecule is NNC(=O)CCCCN(CC1CC1)CC1CC1. The fourth-order valence-corrected chi connectivity index (χ4v) is 2.28. The van der Waals surface area contributed by atoms with Crippen molar-refractivity contribution < 1.29 is 4.79 Å². The van der Waals surface area contributed by atoms with E-state index in [0.717, 1.165) is 31.2 Å². The predicted molar refractivity (Wildman–Crippen MR) is 68.1 cm³/mol. The maximum absolute atomic E-state index is 11.0. The minimum absolute atomic E-state index is 0.0408. The van der Waals surface area contributed by atoms with Crippen LogP contribution in [0.3, 0.4) is 0 Å². The predicted octanol–water partition coefficient (Wildman–Crippen LogP) is 1.27. The first-order valence-corrected chi connectivity index (χ1v) is 6.99. The van der Waals surface area contributed by atoms with Crippen molar-refractivity contribution in [1.29, 1.82) is 0 Å². The molecule has 0 heterocycles. The molecule has 2 aliphatic carbocycles. The van der Waals surface area contributed by atoms with Gasteiger partial charge in [-0.3, -0.25) is 10.2 Å². The number of unbranched alkanes of at least 4 members (excludes halogenated alkanes) is 1. The summed E-state index contributed by atoms with van der Waals surface area (Å²) in [4.78, 5) is 13.6. The highest BCUT2D eigenvalue weighted by Crippen LogP contribution is 2.33. The van der Waals surface area contributed by atoms with Crippen LogP contribution >= 0.6 is 0 Å². The van der Waals surface area contributed by atoms with Crippen LogP contribution in [0.15, 0.2) is 0 Å². The molecule has 0 aliphatic heterocycles. The van der Waals surface area contributed by atoms with Gasteiger partial charge in [0.25, 0.3) is 0 Å². The molecule has 17 heavy (non-hydrogen) atoms. The Hall–Kier alpha value is -0.610. The third-order valence-corrected chi connectivity index (χ3v) is 3.72. The van der Waals surface area contributed by atoms with Gasteiger partial charge in [0.2, 0.25) is 5.91 Å². The number of hydrogen-bond donors (Lipinski definition) is 2. The highest BCUT2D eigenvalue weighted by atomic mass is 16.2. The fourth-order valence-electron chi connectivity index (χ4n) is 2.28. The smallest absolute Gasteiger partial charge is 0.233 e. The van der Waals surface area contributed by atoms with Crippen molar-refractivity contribution in [3.8, 4) is 0 Å². The molecule has 0 aromatic heterocycles.